The van der Waals surface area contributed by atoms with Gasteiger partial charge in [0.05, 0.1) is 17.1 Å². The highest BCUT2D eigenvalue weighted by Crippen LogP contribution is 2.30. The highest BCUT2D eigenvalue weighted by Gasteiger charge is 2.18. The summed E-state index contributed by atoms with van der Waals surface area (Å²) < 4.78 is 16.6. The molecule has 0 fully saturated rings. The number of nitrogens with zero attached hydrogens (tertiary/aromatic N) is 3. The molecule has 0 aliphatic heterocycles. The first-order chi connectivity index (χ1) is 15.8. The van der Waals surface area contributed by atoms with Gasteiger partial charge in [-0.05, 0) is 79.6 Å². The number of hydrogen-bond donors (Lipinski definition) is 1. The Balaban J connectivity index is 1.62. The van der Waals surface area contributed by atoms with E-state index >= 15 is 0 Å². The lowest BCUT2D eigenvalue weighted by Crippen LogP contribution is -2.15. The lowest BCUT2D eigenvalue weighted by molar-refractivity contribution is -0.113. The normalized spacial score (nSPS) is 10.9. The van der Waals surface area contributed by atoms with Crippen molar-refractivity contribution in [3.05, 3.63) is 87.1 Å². The monoisotopic (exact) mass is 544 g/mol. The van der Waals surface area contributed by atoms with E-state index in [-0.39, 0.29) is 17.3 Å². The Hall–Kier alpha value is -2.68. The zero-order chi connectivity index (χ0) is 23.5. The largest absolute Gasteiger partial charge is 0.323 e. The molecule has 0 aliphatic carbocycles. The van der Waals surface area contributed by atoms with Gasteiger partial charge < -0.3 is 5.32 Å². The minimum atomic E-state index is -0.508. The van der Waals surface area contributed by atoms with E-state index in [0.29, 0.717) is 20.5 Å². The smallest absolute Gasteiger partial charge is 0.234 e. The molecule has 0 spiro atoms. The van der Waals surface area contributed by atoms with Crippen LogP contribution >= 0.6 is 39.3 Å². The van der Waals surface area contributed by atoms with Crippen LogP contribution in [-0.2, 0) is 4.79 Å². The Morgan fingerprint density at radius 2 is 1.82 bits per heavy atom. The van der Waals surface area contributed by atoms with Crippen LogP contribution in [0.1, 0.15) is 11.1 Å². The third kappa shape index (κ3) is 5.46. The van der Waals surface area contributed by atoms with E-state index in [1.165, 1.54) is 29.5 Å². The first kappa shape index (κ1) is 23.5. The van der Waals surface area contributed by atoms with Crippen LogP contribution in [-0.4, -0.2) is 26.4 Å². The number of rotatable bonds is 6. The number of aryl methyl sites for hydroxylation is 2. The summed E-state index contributed by atoms with van der Waals surface area (Å²) in [4.78, 5) is 12.5. The molecule has 5 nitrogen and oxygen atoms in total. The standard InChI is InChI=1S/C24H19BrClFN4OS/c1-14-3-9-19(11-15(14)2)31-23(16-4-7-18(26)8-5-16)29-30-24(31)33-13-22(32)28-21-10-6-17(25)12-20(21)27/h3-12H,13H2,1-2H3,(H,28,32). The highest BCUT2D eigenvalue weighted by molar-refractivity contribution is 9.10. The van der Waals surface area contributed by atoms with Gasteiger partial charge in [0, 0.05) is 15.1 Å². The molecule has 1 aromatic heterocycles. The molecule has 1 amide bonds. The van der Waals surface area contributed by atoms with Crippen LogP contribution < -0.4 is 5.32 Å². The van der Waals surface area contributed by atoms with Crippen LogP contribution in [0.3, 0.4) is 0 Å². The molecule has 0 saturated carbocycles. The fraction of sp³-hybridized carbons (Fsp3) is 0.125. The number of aromatic nitrogens is 3. The molecule has 33 heavy (non-hydrogen) atoms. The third-order valence-corrected chi connectivity index (χ3v) is 6.70. The Morgan fingerprint density at radius 1 is 1.06 bits per heavy atom. The van der Waals surface area contributed by atoms with Gasteiger partial charge in [-0.1, -0.05) is 45.4 Å². The molecule has 4 aromatic rings. The van der Waals surface area contributed by atoms with Gasteiger partial charge in [-0.25, -0.2) is 4.39 Å². The van der Waals surface area contributed by atoms with Crippen molar-refractivity contribution in [2.45, 2.75) is 19.0 Å². The molecule has 9 heteroatoms. The van der Waals surface area contributed by atoms with Crippen molar-refractivity contribution in [1.82, 2.24) is 14.8 Å². The molecule has 1 N–H and O–H groups in total. The molecular formula is C24H19BrClFN4OS. The minimum absolute atomic E-state index is 0.0408. The first-order valence-electron chi connectivity index (χ1n) is 9.98. The zero-order valence-corrected chi connectivity index (χ0v) is 20.9. The number of amides is 1. The molecule has 0 atom stereocenters. The number of benzene rings is 3. The van der Waals surface area contributed by atoms with Crippen molar-refractivity contribution >= 4 is 50.9 Å². The van der Waals surface area contributed by atoms with E-state index in [4.69, 9.17) is 11.6 Å². The van der Waals surface area contributed by atoms with Gasteiger partial charge in [0.2, 0.25) is 5.91 Å². The maximum atomic E-state index is 14.1. The summed E-state index contributed by atoms with van der Waals surface area (Å²) in [6.07, 6.45) is 0. The van der Waals surface area contributed by atoms with E-state index < -0.39 is 5.82 Å². The zero-order valence-electron chi connectivity index (χ0n) is 17.8. The summed E-state index contributed by atoms with van der Waals surface area (Å²) in [6, 6.07) is 17.9. The highest BCUT2D eigenvalue weighted by atomic mass is 79.9. The summed E-state index contributed by atoms with van der Waals surface area (Å²) in [7, 11) is 0. The van der Waals surface area contributed by atoms with Gasteiger partial charge in [0.15, 0.2) is 11.0 Å². The number of halogens is 3. The Morgan fingerprint density at radius 3 is 2.52 bits per heavy atom. The summed E-state index contributed by atoms with van der Waals surface area (Å²) in [6.45, 7) is 4.09. The van der Waals surface area contributed by atoms with Crippen LogP contribution in [0.25, 0.3) is 17.1 Å². The number of thioether (sulfide) groups is 1. The van der Waals surface area contributed by atoms with Crippen molar-refractivity contribution in [3.63, 3.8) is 0 Å². The molecule has 0 saturated heterocycles. The topological polar surface area (TPSA) is 59.8 Å². The van der Waals surface area contributed by atoms with Crippen molar-refractivity contribution in [2.75, 3.05) is 11.1 Å². The molecule has 0 radical (unpaired) electrons. The molecule has 1 heterocycles. The SMILES string of the molecule is Cc1ccc(-n2c(SCC(=O)Nc3ccc(Br)cc3F)nnc2-c2ccc(Cl)cc2)cc1C. The second kappa shape index (κ2) is 10.1. The fourth-order valence-corrected chi connectivity index (χ4v) is 4.37. The molecule has 4 rings (SSSR count). The van der Waals surface area contributed by atoms with E-state index in [1.54, 1.807) is 18.2 Å². The number of anilines is 1. The van der Waals surface area contributed by atoms with Crippen molar-refractivity contribution in [1.29, 1.82) is 0 Å². The summed E-state index contributed by atoms with van der Waals surface area (Å²) in [5, 5.41) is 12.5. The lowest BCUT2D eigenvalue weighted by atomic mass is 10.1. The average molecular weight is 546 g/mol. The molecule has 168 valence electrons. The summed E-state index contributed by atoms with van der Waals surface area (Å²) in [5.41, 5.74) is 4.15. The molecular weight excluding hydrogens is 527 g/mol. The van der Waals surface area contributed by atoms with Crippen LogP contribution in [0.15, 0.2) is 70.3 Å². The molecule has 0 aliphatic rings. The van der Waals surface area contributed by atoms with Gasteiger partial charge in [-0.2, -0.15) is 0 Å². The fourth-order valence-electron chi connectivity index (χ4n) is 3.15. The van der Waals surface area contributed by atoms with Crippen LogP contribution in [0.5, 0.6) is 0 Å². The lowest BCUT2D eigenvalue weighted by Gasteiger charge is -2.12. The van der Waals surface area contributed by atoms with Gasteiger partial charge >= 0.3 is 0 Å². The van der Waals surface area contributed by atoms with Crippen molar-refractivity contribution < 1.29 is 9.18 Å². The maximum absolute atomic E-state index is 14.1. The number of hydrogen-bond acceptors (Lipinski definition) is 4. The third-order valence-electron chi connectivity index (χ3n) is 5.02. The predicted octanol–water partition coefficient (Wildman–Crippen LogP) is 6.84. The van der Waals surface area contributed by atoms with Gasteiger partial charge in [-0.3, -0.25) is 9.36 Å². The molecule has 0 bridgehead atoms. The Bertz CT molecular complexity index is 1330. The predicted molar refractivity (Wildman–Crippen MR) is 135 cm³/mol. The van der Waals surface area contributed by atoms with E-state index in [0.717, 1.165) is 16.8 Å². The first-order valence-corrected chi connectivity index (χ1v) is 12.1. The summed E-state index contributed by atoms with van der Waals surface area (Å²) in [5.74, 6) is -0.175. The van der Waals surface area contributed by atoms with Crippen LogP contribution in [0.4, 0.5) is 10.1 Å². The van der Waals surface area contributed by atoms with E-state index in [1.807, 2.05) is 42.7 Å². The van der Waals surface area contributed by atoms with E-state index in [2.05, 4.69) is 37.5 Å². The van der Waals surface area contributed by atoms with Crippen molar-refractivity contribution in [3.8, 4) is 17.1 Å². The second-order valence-electron chi connectivity index (χ2n) is 7.38. The van der Waals surface area contributed by atoms with Gasteiger partial charge in [0.1, 0.15) is 5.82 Å². The number of carbonyl (C=O) groups is 1. The quantitative estimate of drug-likeness (QED) is 0.270. The van der Waals surface area contributed by atoms with E-state index in [9.17, 15) is 9.18 Å². The number of carbonyl (C=O) groups excluding carboxylic acids is 1. The average Bonchev–Trinajstić information content (AvgIpc) is 3.20. The van der Waals surface area contributed by atoms with Gasteiger partial charge in [-0.15, -0.1) is 10.2 Å². The summed E-state index contributed by atoms with van der Waals surface area (Å²) >= 11 is 10.5. The molecule has 0 unspecified atom stereocenters. The second-order valence-corrected chi connectivity index (χ2v) is 9.67. The maximum Gasteiger partial charge on any atom is 0.234 e. The van der Waals surface area contributed by atoms with Crippen molar-refractivity contribution in [2.24, 2.45) is 0 Å². The van der Waals surface area contributed by atoms with Gasteiger partial charge in [0.25, 0.3) is 0 Å². The Labute approximate surface area is 208 Å². The van der Waals surface area contributed by atoms with Crippen LogP contribution in [0.2, 0.25) is 5.02 Å². The molecule has 3 aromatic carbocycles. The Kier molecular flexibility index (Phi) is 7.17. The number of nitrogens with one attached hydrogen (secondary N) is 1. The van der Waals surface area contributed by atoms with Crippen LogP contribution in [0, 0.1) is 19.7 Å². The minimum Gasteiger partial charge on any atom is -0.323 e.